The molecule has 9 nitrogen and oxygen atoms in total. The van der Waals surface area contributed by atoms with Gasteiger partial charge in [0.15, 0.2) is 5.92 Å². The van der Waals surface area contributed by atoms with Crippen LogP contribution in [-0.2, 0) is 23.9 Å². The van der Waals surface area contributed by atoms with E-state index in [1.807, 2.05) is 5.32 Å². The Bertz CT molecular complexity index is 483. The van der Waals surface area contributed by atoms with E-state index in [2.05, 4.69) is 0 Å². The van der Waals surface area contributed by atoms with E-state index in [0.717, 1.165) is 0 Å². The zero-order valence-electron chi connectivity index (χ0n) is 14.4. The number of carboxylic acids is 1. The Hall–Kier alpha value is -2.00. The van der Waals surface area contributed by atoms with Crippen LogP contribution in [0, 0.1) is 5.92 Å². The lowest BCUT2D eigenvalue weighted by atomic mass is 10.0. The van der Waals surface area contributed by atoms with Crippen LogP contribution < -0.4 is 11.1 Å². The zero-order valence-corrected chi connectivity index (χ0v) is 14.4. The highest BCUT2D eigenvalue weighted by molar-refractivity contribution is 6.04. The van der Waals surface area contributed by atoms with Crippen molar-refractivity contribution in [3.05, 3.63) is 0 Å². The molecule has 24 heavy (non-hydrogen) atoms. The van der Waals surface area contributed by atoms with Gasteiger partial charge in [0, 0.05) is 6.04 Å². The van der Waals surface area contributed by atoms with Crippen LogP contribution in [0.25, 0.3) is 0 Å². The van der Waals surface area contributed by atoms with Gasteiger partial charge in [-0.15, -0.1) is 0 Å². The molecule has 1 aliphatic rings. The van der Waals surface area contributed by atoms with Crippen molar-refractivity contribution >= 4 is 23.8 Å². The lowest BCUT2D eigenvalue weighted by Crippen LogP contribution is -2.33. The maximum atomic E-state index is 11.6. The fourth-order valence-corrected chi connectivity index (χ4v) is 1.68. The number of esters is 1. The van der Waals surface area contributed by atoms with Gasteiger partial charge in [0.2, 0.25) is 5.91 Å². The average molecular weight is 346 g/mol. The van der Waals surface area contributed by atoms with E-state index < -0.39 is 41.4 Å². The summed E-state index contributed by atoms with van der Waals surface area (Å²) < 4.78 is 5.03. The summed E-state index contributed by atoms with van der Waals surface area (Å²) in [5.74, 6) is -3.96. The molecule has 1 rings (SSSR count). The highest BCUT2D eigenvalue weighted by Gasteiger charge is 2.31. The van der Waals surface area contributed by atoms with Crippen LogP contribution in [0.3, 0.4) is 0 Å². The van der Waals surface area contributed by atoms with Crippen LogP contribution in [-0.4, -0.2) is 51.7 Å². The summed E-state index contributed by atoms with van der Waals surface area (Å²) >= 11 is 0. The van der Waals surface area contributed by atoms with Crippen molar-refractivity contribution in [3.8, 4) is 0 Å². The number of aliphatic carboxylic acids is 1. The fourth-order valence-electron chi connectivity index (χ4n) is 1.68. The third-order valence-corrected chi connectivity index (χ3v) is 2.84. The molecule has 0 aromatic rings. The quantitative estimate of drug-likeness (QED) is 0.296. The molecule has 0 aromatic carbocycles. The van der Waals surface area contributed by atoms with Crippen molar-refractivity contribution in [1.29, 1.82) is 0 Å². The van der Waals surface area contributed by atoms with Crippen molar-refractivity contribution in [3.63, 3.8) is 0 Å². The molecule has 1 fully saturated rings. The summed E-state index contributed by atoms with van der Waals surface area (Å²) in [6.45, 7) is 6.88. The summed E-state index contributed by atoms with van der Waals surface area (Å²) in [6, 6.07) is -0.121. The van der Waals surface area contributed by atoms with Crippen molar-refractivity contribution in [2.75, 3.05) is 0 Å². The van der Waals surface area contributed by atoms with Crippen LogP contribution in [0.2, 0.25) is 0 Å². The van der Waals surface area contributed by atoms with Gasteiger partial charge in [0.25, 0.3) is 5.91 Å². The number of rotatable bonds is 5. The van der Waals surface area contributed by atoms with E-state index in [9.17, 15) is 19.2 Å². The predicted octanol–water partition coefficient (Wildman–Crippen LogP) is -0.450. The molecule has 0 bridgehead atoms. The van der Waals surface area contributed by atoms with Crippen LogP contribution >= 0.6 is 0 Å². The van der Waals surface area contributed by atoms with Gasteiger partial charge < -0.3 is 20.7 Å². The third kappa shape index (κ3) is 9.21. The van der Waals surface area contributed by atoms with E-state index in [1.54, 1.807) is 27.7 Å². The zero-order chi connectivity index (χ0) is 19.1. The molecule has 3 atom stereocenters. The second-order valence-electron chi connectivity index (χ2n) is 6.61. The lowest BCUT2D eigenvalue weighted by molar-refractivity contribution is -0.167. The molecular formula is C15H26N2O7. The number of imide groups is 1. The Balaban J connectivity index is 0.000000546. The molecule has 0 aromatic heterocycles. The number of ether oxygens (including phenoxy) is 1. The van der Waals surface area contributed by atoms with Gasteiger partial charge in [-0.25, -0.2) is 0 Å². The molecule has 0 radical (unpaired) electrons. The maximum Gasteiger partial charge on any atom is 0.320 e. The van der Waals surface area contributed by atoms with Crippen molar-refractivity contribution in [2.24, 2.45) is 11.7 Å². The Kier molecular flexibility index (Phi) is 8.56. The van der Waals surface area contributed by atoms with E-state index in [4.69, 9.17) is 20.7 Å². The molecule has 1 aliphatic heterocycles. The van der Waals surface area contributed by atoms with Gasteiger partial charge in [-0.2, -0.15) is 0 Å². The van der Waals surface area contributed by atoms with Crippen LogP contribution in [0.15, 0.2) is 0 Å². The number of hydrogen-bond donors (Lipinski definition) is 4. The summed E-state index contributed by atoms with van der Waals surface area (Å²) in [5.41, 5.74) is 4.86. The highest BCUT2D eigenvalue weighted by atomic mass is 16.6. The molecule has 9 heteroatoms. The molecule has 0 saturated carbocycles. The number of carbonyl (C=O) groups is 4. The van der Waals surface area contributed by atoms with Gasteiger partial charge in [0.1, 0.15) is 11.7 Å². The molecular weight excluding hydrogens is 320 g/mol. The van der Waals surface area contributed by atoms with Crippen molar-refractivity contribution < 1.29 is 34.1 Å². The standard InChI is InChI=1S/C11H21NO4.C4H5NO3/c1-7(12)5-6-8(9(13)14)10(15)16-11(2,3)4;6-2-1-3(7)5-4(2)8/h7-8H,5-6,12H2,1-4H3,(H,13,14);2,6H,1H2,(H,5,7,8). The number of hydrogen-bond acceptors (Lipinski definition) is 7. The van der Waals surface area contributed by atoms with Crippen LogP contribution in [0.5, 0.6) is 0 Å². The molecule has 1 heterocycles. The number of carboxylic acid groups (broad SMARTS) is 1. The van der Waals surface area contributed by atoms with Gasteiger partial charge in [-0.05, 0) is 40.5 Å². The minimum atomic E-state index is -1.16. The first-order valence-electron chi connectivity index (χ1n) is 7.56. The van der Waals surface area contributed by atoms with E-state index in [0.29, 0.717) is 6.42 Å². The summed E-state index contributed by atoms with van der Waals surface area (Å²) in [4.78, 5) is 42.8. The number of carbonyl (C=O) groups excluding carboxylic acids is 3. The summed E-state index contributed by atoms with van der Waals surface area (Å²) in [6.07, 6.45) is -0.501. The first kappa shape index (κ1) is 22.0. The number of aliphatic hydroxyl groups is 1. The Labute approximate surface area is 140 Å². The molecule has 3 unspecified atom stereocenters. The number of nitrogens with one attached hydrogen (secondary N) is 1. The van der Waals surface area contributed by atoms with Crippen LogP contribution in [0.4, 0.5) is 0 Å². The topological polar surface area (TPSA) is 156 Å². The van der Waals surface area contributed by atoms with E-state index >= 15 is 0 Å². The van der Waals surface area contributed by atoms with Crippen LogP contribution in [0.1, 0.15) is 47.0 Å². The number of nitrogens with two attached hydrogens (primary N) is 1. The van der Waals surface area contributed by atoms with E-state index in [-0.39, 0.29) is 18.9 Å². The number of amides is 2. The molecule has 2 amide bonds. The van der Waals surface area contributed by atoms with E-state index in [1.165, 1.54) is 0 Å². The van der Waals surface area contributed by atoms with Crippen molar-refractivity contribution in [2.45, 2.75) is 64.7 Å². The second-order valence-corrected chi connectivity index (χ2v) is 6.61. The monoisotopic (exact) mass is 346 g/mol. The highest BCUT2D eigenvalue weighted by Crippen LogP contribution is 2.16. The Morgan fingerprint density at radius 1 is 1.33 bits per heavy atom. The van der Waals surface area contributed by atoms with Gasteiger partial charge in [-0.3, -0.25) is 24.5 Å². The second kappa shape index (κ2) is 9.33. The number of aliphatic hydroxyl groups excluding tert-OH is 1. The van der Waals surface area contributed by atoms with Crippen molar-refractivity contribution in [1.82, 2.24) is 5.32 Å². The Morgan fingerprint density at radius 2 is 1.88 bits per heavy atom. The minimum absolute atomic E-state index is 0.0845. The first-order valence-corrected chi connectivity index (χ1v) is 7.56. The first-order chi connectivity index (χ1) is 10.8. The lowest BCUT2D eigenvalue weighted by Gasteiger charge is -2.22. The molecule has 1 saturated heterocycles. The molecule has 138 valence electrons. The maximum absolute atomic E-state index is 11.6. The minimum Gasteiger partial charge on any atom is -0.481 e. The molecule has 0 spiro atoms. The fraction of sp³-hybridized carbons (Fsp3) is 0.733. The summed E-state index contributed by atoms with van der Waals surface area (Å²) in [7, 11) is 0. The van der Waals surface area contributed by atoms with Gasteiger partial charge in [-0.1, -0.05) is 0 Å². The molecule has 5 N–H and O–H groups in total. The molecule has 0 aliphatic carbocycles. The van der Waals surface area contributed by atoms with Gasteiger partial charge >= 0.3 is 11.9 Å². The average Bonchev–Trinajstić information content (AvgIpc) is 2.64. The normalized spacial score (nSPS) is 19.7. The third-order valence-electron chi connectivity index (χ3n) is 2.84. The summed E-state index contributed by atoms with van der Waals surface area (Å²) in [5, 5.41) is 19.4. The largest absolute Gasteiger partial charge is 0.481 e. The van der Waals surface area contributed by atoms with Gasteiger partial charge in [0.05, 0.1) is 6.42 Å². The SMILES string of the molecule is CC(N)CCC(C(=O)O)C(=O)OC(C)(C)C.O=C1CC(O)C(=O)N1. The Morgan fingerprint density at radius 3 is 2.12 bits per heavy atom. The smallest absolute Gasteiger partial charge is 0.320 e. The predicted molar refractivity (Wildman–Crippen MR) is 83.6 cm³/mol.